The molecule has 0 amide bonds. The Morgan fingerprint density at radius 3 is 2.73 bits per heavy atom. The SMILES string of the molecule is N[C@H](C(=O)[O-])[C@H]1CNC[C@H]1O. The van der Waals surface area contributed by atoms with E-state index < -0.39 is 24.0 Å². The lowest BCUT2D eigenvalue weighted by molar-refractivity contribution is -0.309. The van der Waals surface area contributed by atoms with Gasteiger partial charge in [-0.3, -0.25) is 0 Å². The molecule has 0 aromatic heterocycles. The van der Waals surface area contributed by atoms with E-state index in [0.717, 1.165) is 0 Å². The monoisotopic (exact) mass is 159 g/mol. The van der Waals surface area contributed by atoms with E-state index in [0.29, 0.717) is 13.1 Å². The highest BCUT2D eigenvalue weighted by Gasteiger charge is 2.30. The Kier molecular flexibility index (Phi) is 2.43. The molecule has 1 aliphatic rings. The lowest BCUT2D eigenvalue weighted by Gasteiger charge is -2.21. The molecule has 1 heterocycles. The second-order valence-corrected chi connectivity index (χ2v) is 2.73. The van der Waals surface area contributed by atoms with E-state index in [1.165, 1.54) is 0 Å². The van der Waals surface area contributed by atoms with Crippen molar-refractivity contribution >= 4 is 5.97 Å². The molecule has 5 heteroatoms. The summed E-state index contributed by atoms with van der Waals surface area (Å²) in [5, 5.41) is 22.3. The molecule has 0 aromatic rings. The first-order valence-corrected chi connectivity index (χ1v) is 3.48. The Morgan fingerprint density at radius 2 is 2.36 bits per heavy atom. The van der Waals surface area contributed by atoms with Crippen molar-refractivity contribution in [2.45, 2.75) is 12.1 Å². The standard InChI is InChI=1S/C6H12N2O3/c7-5(6(10)11)3-1-8-2-4(3)9/h3-5,8-9H,1-2,7H2,(H,10,11)/p-1/t3-,4+,5-/m0/s1. The number of hydrogen-bond acceptors (Lipinski definition) is 5. The van der Waals surface area contributed by atoms with E-state index in [4.69, 9.17) is 5.73 Å². The summed E-state index contributed by atoms with van der Waals surface area (Å²) in [4.78, 5) is 10.3. The largest absolute Gasteiger partial charge is 0.548 e. The average Bonchev–Trinajstić information content (AvgIpc) is 2.33. The molecular weight excluding hydrogens is 148 g/mol. The van der Waals surface area contributed by atoms with E-state index in [9.17, 15) is 15.0 Å². The molecule has 1 rings (SSSR count). The van der Waals surface area contributed by atoms with Gasteiger partial charge in [0.25, 0.3) is 0 Å². The van der Waals surface area contributed by atoms with Gasteiger partial charge >= 0.3 is 0 Å². The van der Waals surface area contributed by atoms with Crippen LogP contribution in [0.25, 0.3) is 0 Å². The summed E-state index contributed by atoms with van der Waals surface area (Å²) in [6.45, 7) is 0.849. The van der Waals surface area contributed by atoms with Gasteiger partial charge in [0.1, 0.15) is 0 Å². The van der Waals surface area contributed by atoms with Crippen molar-refractivity contribution in [1.29, 1.82) is 0 Å². The second-order valence-electron chi connectivity index (χ2n) is 2.73. The van der Waals surface area contributed by atoms with Crippen molar-refractivity contribution in [2.75, 3.05) is 13.1 Å². The topological polar surface area (TPSA) is 98.4 Å². The molecule has 3 atom stereocenters. The van der Waals surface area contributed by atoms with Crippen LogP contribution in [0.15, 0.2) is 0 Å². The summed E-state index contributed by atoms with van der Waals surface area (Å²) in [6, 6.07) is -1.07. The van der Waals surface area contributed by atoms with Gasteiger partial charge in [0.15, 0.2) is 0 Å². The number of hydrogen-bond donors (Lipinski definition) is 3. The summed E-state index contributed by atoms with van der Waals surface area (Å²) < 4.78 is 0. The van der Waals surface area contributed by atoms with Crippen LogP contribution < -0.4 is 16.2 Å². The van der Waals surface area contributed by atoms with Crippen LogP contribution >= 0.6 is 0 Å². The fourth-order valence-electron chi connectivity index (χ4n) is 1.23. The quantitative estimate of drug-likeness (QED) is 0.391. The molecule has 1 aliphatic heterocycles. The number of carbonyl (C=O) groups is 1. The third-order valence-electron chi connectivity index (χ3n) is 1.96. The van der Waals surface area contributed by atoms with E-state index in [1.807, 2.05) is 0 Å². The zero-order chi connectivity index (χ0) is 8.43. The molecule has 0 aliphatic carbocycles. The molecule has 0 spiro atoms. The fourth-order valence-corrected chi connectivity index (χ4v) is 1.23. The molecule has 5 nitrogen and oxygen atoms in total. The molecule has 11 heavy (non-hydrogen) atoms. The molecule has 64 valence electrons. The molecule has 1 fully saturated rings. The maximum Gasteiger partial charge on any atom is 0.0723 e. The van der Waals surface area contributed by atoms with Gasteiger partial charge in [-0.2, -0.15) is 0 Å². The van der Waals surface area contributed by atoms with Crippen LogP contribution in [0.4, 0.5) is 0 Å². The van der Waals surface area contributed by atoms with Crippen LogP contribution in [-0.2, 0) is 4.79 Å². The Hall–Kier alpha value is -0.650. The molecule has 1 saturated heterocycles. The van der Waals surface area contributed by atoms with Crippen LogP contribution in [0.5, 0.6) is 0 Å². The summed E-state index contributed by atoms with van der Waals surface area (Å²) in [5.41, 5.74) is 5.25. The predicted octanol–water partition coefficient (Wildman–Crippen LogP) is -3.36. The normalized spacial score (nSPS) is 33.6. The van der Waals surface area contributed by atoms with E-state index in [2.05, 4.69) is 5.32 Å². The van der Waals surface area contributed by atoms with Crippen LogP contribution in [-0.4, -0.2) is 36.3 Å². The Bertz CT molecular complexity index is 162. The zero-order valence-electron chi connectivity index (χ0n) is 5.99. The molecular formula is C6H11N2O3-. The van der Waals surface area contributed by atoms with Crippen molar-refractivity contribution < 1.29 is 15.0 Å². The smallest absolute Gasteiger partial charge is 0.0723 e. The van der Waals surface area contributed by atoms with Crippen molar-refractivity contribution in [3.8, 4) is 0 Å². The Balaban J connectivity index is 2.52. The predicted molar refractivity (Wildman–Crippen MR) is 35.3 cm³/mol. The van der Waals surface area contributed by atoms with E-state index in [1.54, 1.807) is 0 Å². The number of carboxylic acid groups (broad SMARTS) is 1. The fraction of sp³-hybridized carbons (Fsp3) is 0.833. The third kappa shape index (κ3) is 1.68. The number of carboxylic acids is 1. The van der Waals surface area contributed by atoms with Crippen molar-refractivity contribution in [3.63, 3.8) is 0 Å². The maximum atomic E-state index is 10.3. The summed E-state index contributed by atoms with van der Waals surface area (Å²) >= 11 is 0. The van der Waals surface area contributed by atoms with Gasteiger partial charge in [-0.25, -0.2) is 0 Å². The Labute approximate surface area is 64.2 Å². The van der Waals surface area contributed by atoms with E-state index >= 15 is 0 Å². The Morgan fingerprint density at radius 1 is 1.73 bits per heavy atom. The van der Waals surface area contributed by atoms with Crippen LogP contribution in [0.2, 0.25) is 0 Å². The van der Waals surface area contributed by atoms with Gasteiger partial charge in [-0.1, -0.05) is 0 Å². The lowest BCUT2D eigenvalue weighted by atomic mass is 9.98. The zero-order valence-corrected chi connectivity index (χ0v) is 5.99. The third-order valence-corrected chi connectivity index (χ3v) is 1.96. The van der Waals surface area contributed by atoms with Crippen molar-refractivity contribution in [3.05, 3.63) is 0 Å². The number of nitrogens with two attached hydrogens (primary N) is 1. The van der Waals surface area contributed by atoms with Crippen LogP contribution in [0.1, 0.15) is 0 Å². The molecule has 0 saturated carbocycles. The summed E-state index contributed by atoms with van der Waals surface area (Å²) in [6.07, 6.45) is -0.664. The summed E-state index contributed by atoms with van der Waals surface area (Å²) in [7, 11) is 0. The number of nitrogens with one attached hydrogen (secondary N) is 1. The first kappa shape index (κ1) is 8.45. The second kappa shape index (κ2) is 3.17. The van der Waals surface area contributed by atoms with Gasteiger partial charge in [-0.05, 0) is 0 Å². The van der Waals surface area contributed by atoms with Crippen LogP contribution in [0.3, 0.4) is 0 Å². The van der Waals surface area contributed by atoms with Crippen LogP contribution in [0, 0.1) is 5.92 Å². The molecule has 0 bridgehead atoms. The number of β-amino-alcohol motifs (C(OH)–C–C–N with tert-alkyl or cyclic N) is 1. The number of aliphatic hydroxyl groups excluding tert-OH is 1. The maximum absolute atomic E-state index is 10.3. The van der Waals surface area contributed by atoms with Gasteiger partial charge in [0.05, 0.1) is 18.1 Å². The number of carbonyl (C=O) groups excluding carboxylic acids is 1. The summed E-state index contributed by atoms with van der Waals surface area (Å²) in [5.74, 6) is -1.72. The average molecular weight is 159 g/mol. The van der Waals surface area contributed by atoms with Gasteiger partial charge in [0.2, 0.25) is 0 Å². The highest BCUT2D eigenvalue weighted by molar-refractivity contribution is 5.71. The molecule has 0 unspecified atom stereocenters. The van der Waals surface area contributed by atoms with Crippen molar-refractivity contribution in [2.24, 2.45) is 11.7 Å². The van der Waals surface area contributed by atoms with Gasteiger partial charge < -0.3 is 26.1 Å². The minimum Gasteiger partial charge on any atom is -0.548 e. The van der Waals surface area contributed by atoms with Crippen molar-refractivity contribution in [1.82, 2.24) is 5.32 Å². The number of aliphatic carboxylic acids is 1. The minimum atomic E-state index is -1.31. The molecule has 0 radical (unpaired) electrons. The first-order chi connectivity index (χ1) is 5.13. The van der Waals surface area contributed by atoms with Gasteiger partial charge in [-0.15, -0.1) is 0 Å². The van der Waals surface area contributed by atoms with Gasteiger partial charge in [0, 0.05) is 19.0 Å². The lowest BCUT2D eigenvalue weighted by Crippen LogP contribution is -2.50. The highest BCUT2D eigenvalue weighted by atomic mass is 16.4. The molecule has 4 N–H and O–H groups in total. The number of rotatable bonds is 2. The number of aliphatic hydroxyl groups is 1. The highest BCUT2D eigenvalue weighted by Crippen LogP contribution is 2.11. The minimum absolute atomic E-state index is 0.408. The first-order valence-electron chi connectivity index (χ1n) is 3.48. The van der Waals surface area contributed by atoms with E-state index in [-0.39, 0.29) is 0 Å². The molecule has 0 aromatic carbocycles.